The van der Waals surface area contributed by atoms with Crippen LogP contribution in [-0.4, -0.2) is 42.1 Å². The molecule has 0 spiro atoms. The molecule has 3 heterocycles. The van der Waals surface area contributed by atoms with E-state index in [1.165, 1.54) is 0 Å². The number of nitrogens with one attached hydrogen (secondary N) is 1. The Morgan fingerprint density at radius 1 is 1.23 bits per heavy atom. The molecule has 2 fully saturated rings. The lowest BCUT2D eigenvalue weighted by atomic mass is 9.92. The molecule has 2 aliphatic heterocycles. The molecule has 2 atom stereocenters. The zero-order valence-corrected chi connectivity index (χ0v) is 13.7. The summed E-state index contributed by atoms with van der Waals surface area (Å²) in [5.41, 5.74) is 1.97. The van der Waals surface area contributed by atoms with Gasteiger partial charge >= 0.3 is 0 Å². The molecule has 22 heavy (non-hydrogen) atoms. The molecule has 1 aromatic heterocycles. The molecule has 5 nitrogen and oxygen atoms in total. The third-order valence-corrected chi connectivity index (χ3v) is 5.31. The summed E-state index contributed by atoms with van der Waals surface area (Å²) in [5.74, 6) is 2.62. The highest BCUT2D eigenvalue weighted by atomic mass is 16.5. The van der Waals surface area contributed by atoms with Crippen LogP contribution >= 0.6 is 0 Å². The number of likely N-dealkylation sites (tertiary alicyclic amines) is 1. The highest BCUT2D eigenvalue weighted by Crippen LogP contribution is 2.27. The van der Waals surface area contributed by atoms with Gasteiger partial charge in [-0.1, -0.05) is 19.0 Å². The molecule has 0 radical (unpaired) electrons. The van der Waals surface area contributed by atoms with Gasteiger partial charge < -0.3 is 14.7 Å². The van der Waals surface area contributed by atoms with Gasteiger partial charge in [-0.3, -0.25) is 4.79 Å². The van der Waals surface area contributed by atoms with E-state index >= 15 is 0 Å². The number of hydrogen-bond acceptors (Lipinski definition) is 4. The van der Waals surface area contributed by atoms with Gasteiger partial charge in [-0.25, -0.2) is 0 Å². The van der Waals surface area contributed by atoms with Crippen molar-refractivity contribution in [1.29, 1.82) is 0 Å². The Labute approximate surface area is 132 Å². The van der Waals surface area contributed by atoms with Crippen LogP contribution in [-0.2, 0) is 24.1 Å². The van der Waals surface area contributed by atoms with Gasteiger partial charge in [0.25, 0.3) is 0 Å². The number of rotatable bonds is 4. The first kappa shape index (κ1) is 15.5. The largest absolute Gasteiger partial charge is 0.361 e. The Balaban J connectivity index is 1.66. The first-order chi connectivity index (χ1) is 10.7. The van der Waals surface area contributed by atoms with Crippen LogP contribution in [0.2, 0.25) is 0 Å². The zero-order chi connectivity index (χ0) is 15.5. The number of aromatic nitrogens is 1. The zero-order valence-electron chi connectivity index (χ0n) is 13.7. The van der Waals surface area contributed by atoms with Gasteiger partial charge in [0.1, 0.15) is 5.76 Å². The SMILES string of the molecule is CCc1noc(CC)c1CC(=O)N1CC[C@@H]2CNC[C@@H]2CC1. The van der Waals surface area contributed by atoms with Crippen LogP contribution in [0, 0.1) is 11.8 Å². The summed E-state index contributed by atoms with van der Waals surface area (Å²) in [5, 5.41) is 7.59. The molecule has 3 rings (SSSR count). The van der Waals surface area contributed by atoms with Crippen molar-refractivity contribution < 1.29 is 9.32 Å². The maximum atomic E-state index is 12.7. The fourth-order valence-electron chi connectivity index (χ4n) is 3.87. The molecule has 1 aromatic rings. The number of amides is 1. The van der Waals surface area contributed by atoms with E-state index in [0.29, 0.717) is 6.42 Å². The molecule has 1 N–H and O–H groups in total. The Morgan fingerprint density at radius 2 is 1.91 bits per heavy atom. The average Bonchev–Trinajstić information content (AvgIpc) is 3.09. The van der Waals surface area contributed by atoms with Gasteiger partial charge in [-0.15, -0.1) is 0 Å². The van der Waals surface area contributed by atoms with Crippen LogP contribution in [0.4, 0.5) is 0 Å². The van der Waals surface area contributed by atoms with Crippen LogP contribution in [0.15, 0.2) is 4.52 Å². The second-order valence-electron chi connectivity index (χ2n) is 6.55. The summed E-state index contributed by atoms with van der Waals surface area (Å²) in [4.78, 5) is 14.8. The van der Waals surface area contributed by atoms with Crippen LogP contribution in [0.25, 0.3) is 0 Å². The van der Waals surface area contributed by atoms with Crippen molar-refractivity contribution in [2.75, 3.05) is 26.2 Å². The van der Waals surface area contributed by atoms with E-state index in [2.05, 4.69) is 22.3 Å². The number of nitrogens with zero attached hydrogens (tertiary/aromatic N) is 2. The quantitative estimate of drug-likeness (QED) is 0.921. The maximum Gasteiger partial charge on any atom is 0.227 e. The van der Waals surface area contributed by atoms with Crippen molar-refractivity contribution in [3.63, 3.8) is 0 Å². The molecule has 2 saturated heterocycles. The smallest absolute Gasteiger partial charge is 0.227 e. The second-order valence-corrected chi connectivity index (χ2v) is 6.55. The molecule has 5 heteroatoms. The Bertz CT molecular complexity index is 490. The first-order valence-electron chi connectivity index (χ1n) is 8.67. The van der Waals surface area contributed by atoms with E-state index in [1.807, 2.05) is 6.92 Å². The molecular weight excluding hydrogens is 278 g/mol. The topological polar surface area (TPSA) is 58.4 Å². The lowest BCUT2D eigenvalue weighted by molar-refractivity contribution is -0.130. The number of hydrogen-bond donors (Lipinski definition) is 1. The molecule has 0 aromatic carbocycles. The summed E-state index contributed by atoms with van der Waals surface area (Å²) < 4.78 is 5.38. The van der Waals surface area contributed by atoms with Crippen molar-refractivity contribution >= 4 is 5.91 Å². The fourth-order valence-corrected chi connectivity index (χ4v) is 3.87. The summed E-state index contributed by atoms with van der Waals surface area (Å²) in [6, 6.07) is 0. The third-order valence-electron chi connectivity index (χ3n) is 5.31. The molecule has 0 bridgehead atoms. The number of carbonyl (C=O) groups excluding carboxylic acids is 1. The summed E-state index contributed by atoms with van der Waals surface area (Å²) in [7, 11) is 0. The molecule has 0 saturated carbocycles. The molecule has 0 unspecified atom stereocenters. The minimum Gasteiger partial charge on any atom is -0.361 e. The van der Waals surface area contributed by atoms with E-state index in [0.717, 1.165) is 80.7 Å². The number of fused-ring (bicyclic) bond motifs is 1. The second kappa shape index (κ2) is 6.82. The van der Waals surface area contributed by atoms with Crippen molar-refractivity contribution in [2.45, 2.75) is 46.0 Å². The third kappa shape index (κ3) is 3.05. The predicted molar refractivity (Wildman–Crippen MR) is 84.6 cm³/mol. The average molecular weight is 305 g/mol. The van der Waals surface area contributed by atoms with Gasteiger partial charge in [0.05, 0.1) is 12.1 Å². The van der Waals surface area contributed by atoms with Gasteiger partial charge in [0.2, 0.25) is 5.91 Å². The van der Waals surface area contributed by atoms with Crippen molar-refractivity contribution in [3.8, 4) is 0 Å². The van der Waals surface area contributed by atoms with Gasteiger partial charge in [0, 0.05) is 25.1 Å². The standard InChI is InChI=1S/C17H27N3O2/c1-3-15-14(16(4-2)22-19-15)9-17(21)20-7-5-12-10-18-11-13(12)6-8-20/h12-13,18H,3-11H2,1-2H3/t12-,13+. The van der Waals surface area contributed by atoms with Crippen LogP contribution in [0.5, 0.6) is 0 Å². The summed E-state index contributed by atoms with van der Waals surface area (Å²) in [6.45, 7) is 8.15. The van der Waals surface area contributed by atoms with Gasteiger partial charge in [-0.05, 0) is 44.2 Å². The van der Waals surface area contributed by atoms with Crippen LogP contribution < -0.4 is 5.32 Å². The normalized spacial score (nSPS) is 25.1. The fraction of sp³-hybridized carbons (Fsp3) is 0.765. The highest BCUT2D eigenvalue weighted by Gasteiger charge is 2.31. The summed E-state index contributed by atoms with van der Waals surface area (Å²) >= 11 is 0. The predicted octanol–water partition coefficient (Wildman–Crippen LogP) is 1.80. The lowest BCUT2D eigenvalue weighted by Crippen LogP contribution is -2.34. The Hall–Kier alpha value is -1.36. The molecule has 2 aliphatic rings. The maximum absolute atomic E-state index is 12.7. The van der Waals surface area contributed by atoms with Crippen LogP contribution in [0.1, 0.15) is 43.7 Å². The Kier molecular flexibility index (Phi) is 4.81. The van der Waals surface area contributed by atoms with E-state index in [9.17, 15) is 4.79 Å². The van der Waals surface area contributed by atoms with Gasteiger partial charge in [-0.2, -0.15) is 0 Å². The van der Waals surface area contributed by atoms with E-state index in [-0.39, 0.29) is 5.91 Å². The number of carbonyl (C=O) groups is 1. The Morgan fingerprint density at radius 3 is 2.50 bits per heavy atom. The van der Waals surface area contributed by atoms with Gasteiger partial charge in [0.15, 0.2) is 0 Å². The van der Waals surface area contributed by atoms with Crippen LogP contribution in [0.3, 0.4) is 0 Å². The van der Waals surface area contributed by atoms with Crippen molar-refractivity contribution in [3.05, 3.63) is 17.0 Å². The molecule has 0 aliphatic carbocycles. The van der Waals surface area contributed by atoms with E-state index in [4.69, 9.17) is 4.52 Å². The number of aryl methyl sites for hydroxylation is 2. The van der Waals surface area contributed by atoms with E-state index < -0.39 is 0 Å². The lowest BCUT2D eigenvalue weighted by Gasteiger charge is -2.21. The van der Waals surface area contributed by atoms with Crippen molar-refractivity contribution in [2.24, 2.45) is 11.8 Å². The van der Waals surface area contributed by atoms with E-state index in [1.54, 1.807) is 0 Å². The summed E-state index contributed by atoms with van der Waals surface area (Å²) in [6.07, 6.45) is 4.33. The molecule has 122 valence electrons. The van der Waals surface area contributed by atoms with Crippen molar-refractivity contribution in [1.82, 2.24) is 15.4 Å². The highest BCUT2D eigenvalue weighted by molar-refractivity contribution is 5.79. The first-order valence-corrected chi connectivity index (χ1v) is 8.67. The minimum atomic E-state index is 0.237. The molecule has 1 amide bonds. The monoisotopic (exact) mass is 305 g/mol. The minimum absolute atomic E-state index is 0.237. The molecular formula is C17H27N3O2.